The number of nitrogens with two attached hydrogens (primary N) is 1. The summed E-state index contributed by atoms with van der Waals surface area (Å²) in [5.74, 6) is 0. The van der Waals surface area contributed by atoms with Gasteiger partial charge in [0.2, 0.25) is 0 Å². The average Bonchev–Trinajstić information content (AvgIpc) is 2.31. The van der Waals surface area contributed by atoms with Crippen LogP contribution in [0.5, 0.6) is 0 Å². The Morgan fingerprint density at radius 1 is 1.44 bits per heavy atom. The molecule has 0 saturated carbocycles. The van der Waals surface area contributed by atoms with Gasteiger partial charge < -0.3 is 19.9 Å². The summed E-state index contributed by atoms with van der Waals surface area (Å²) in [7, 11) is 1.50. The normalized spacial score (nSPS) is 13.9. The molecule has 0 saturated heterocycles. The van der Waals surface area contributed by atoms with Crippen LogP contribution in [0.25, 0.3) is 0 Å². The van der Waals surface area contributed by atoms with E-state index < -0.39 is 18.3 Å². The molecule has 1 amide bonds. The zero-order valence-electron chi connectivity index (χ0n) is 10.3. The fourth-order valence-electron chi connectivity index (χ4n) is 1.57. The summed E-state index contributed by atoms with van der Waals surface area (Å²) in [6, 6.07) is 7.15. The standard InChI is InChI=1S/C12H16ClNO4/c1-8(18-12(14)15)11(17-7-16-2)9-5-3-4-6-10(9)13/h3-6,8,11H,7H2,1-2H3,(H2,14,15)/t8-,11+/m1/s1. The largest absolute Gasteiger partial charge is 0.444 e. The number of ether oxygens (including phenoxy) is 3. The number of hydrogen-bond acceptors (Lipinski definition) is 4. The molecule has 100 valence electrons. The van der Waals surface area contributed by atoms with Crippen molar-refractivity contribution in [2.24, 2.45) is 5.73 Å². The van der Waals surface area contributed by atoms with E-state index in [-0.39, 0.29) is 6.79 Å². The first-order valence-electron chi connectivity index (χ1n) is 5.37. The highest BCUT2D eigenvalue weighted by molar-refractivity contribution is 6.31. The van der Waals surface area contributed by atoms with E-state index >= 15 is 0 Å². The molecule has 6 heteroatoms. The highest BCUT2D eigenvalue weighted by Crippen LogP contribution is 2.29. The van der Waals surface area contributed by atoms with Gasteiger partial charge in [0, 0.05) is 17.7 Å². The SMILES string of the molecule is COCO[C@H](c1ccccc1Cl)[C@@H](C)OC(N)=O. The molecule has 0 bridgehead atoms. The summed E-state index contributed by atoms with van der Waals surface area (Å²) < 4.78 is 15.3. The molecule has 2 atom stereocenters. The quantitative estimate of drug-likeness (QED) is 0.809. The first-order valence-corrected chi connectivity index (χ1v) is 5.75. The Morgan fingerprint density at radius 2 is 2.11 bits per heavy atom. The topological polar surface area (TPSA) is 70.8 Å². The van der Waals surface area contributed by atoms with Gasteiger partial charge in [-0.25, -0.2) is 4.79 Å². The number of rotatable bonds is 6. The third-order valence-corrected chi connectivity index (χ3v) is 2.65. The molecule has 1 aromatic carbocycles. The van der Waals surface area contributed by atoms with Gasteiger partial charge in [-0.3, -0.25) is 0 Å². The van der Waals surface area contributed by atoms with Crippen molar-refractivity contribution >= 4 is 17.7 Å². The van der Waals surface area contributed by atoms with Gasteiger partial charge in [0.05, 0.1) is 0 Å². The van der Waals surface area contributed by atoms with Crippen LogP contribution in [0.4, 0.5) is 4.79 Å². The maximum absolute atomic E-state index is 10.8. The third kappa shape index (κ3) is 4.18. The van der Waals surface area contributed by atoms with E-state index in [9.17, 15) is 4.79 Å². The predicted octanol–water partition coefficient (Wildman–Crippen LogP) is 2.49. The molecule has 0 aliphatic rings. The number of halogens is 1. The molecule has 0 unspecified atom stereocenters. The van der Waals surface area contributed by atoms with Gasteiger partial charge in [-0.05, 0) is 13.0 Å². The second kappa shape index (κ2) is 7.20. The van der Waals surface area contributed by atoms with Gasteiger partial charge in [0.25, 0.3) is 0 Å². The Morgan fingerprint density at radius 3 is 2.67 bits per heavy atom. The fourth-order valence-corrected chi connectivity index (χ4v) is 1.81. The van der Waals surface area contributed by atoms with Crippen LogP contribution in [0.2, 0.25) is 5.02 Å². The van der Waals surface area contributed by atoms with Crippen LogP contribution in [-0.4, -0.2) is 26.1 Å². The second-order valence-electron chi connectivity index (χ2n) is 3.66. The van der Waals surface area contributed by atoms with E-state index in [0.717, 1.165) is 0 Å². The molecule has 18 heavy (non-hydrogen) atoms. The van der Waals surface area contributed by atoms with E-state index in [2.05, 4.69) is 0 Å². The van der Waals surface area contributed by atoms with Crippen LogP contribution in [0.3, 0.4) is 0 Å². The lowest BCUT2D eigenvalue weighted by Gasteiger charge is -2.24. The van der Waals surface area contributed by atoms with E-state index in [1.54, 1.807) is 25.1 Å². The van der Waals surface area contributed by atoms with Crippen molar-refractivity contribution in [1.82, 2.24) is 0 Å². The van der Waals surface area contributed by atoms with Crippen molar-refractivity contribution < 1.29 is 19.0 Å². The van der Waals surface area contributed by atoms with Crippen LogP contribution in [0.15, 0.2) is 24.3 Å². The molecule has 0 heterocycles. The summed E-state index contributed by atoms with van der Waals surface area (Å²) in [5.41, 5.74) is 5.71. The predicted molar refractivity (Wildman–Crippen MR) is 67.3 cm³/mol. The average molecular weight is 274 g/mol. The van der Waals surface area contributed by atoms with Crippen molar-refractivity contribution in [3.8, 4) is 0 Å². The monoisotopic (exact) mass is 273 g/mol. The number of methoxy groups -OCH3 is 1. The van der Waals surface area contributed by atoms with Gasteiger partial charge in [-0.1, -0.05) is 29.8 Å². The van der Waals surface area contributed by atoms with Crippen LogP contribution in [0, 0.1) is 0 Å². The number of carbonyl (C=O) groups excluding carboxylic acids is 1. The van der Waals surface area contributed by atoms with Crippen LogP contribution in [0.1, 0.15) is 18.6 Å². The van der Waals surface area contributed by atoms with Crippen LogP contribution < -0.4 is 5.73 Å². The summed E-state index contributed by atoms with van der Waals surface area (Å²) in [6.45, 7) is 1.73. The molecule has 1 rings (SSSR count). The van der Waals surface area contributed by atoms with Crippen LogP contribution in [-0.2, 0) is 14.2 Å². The molecule has 0 aromatic heterocycles. The Labute approximate surface area is 111 Å². The Balaban J connectivity index is 2.90. The molecule has 0 aliphatic carbocycles. The van der Waals surface area contributed by atoms with Crippen molar-refractivity contribution in [3.05, 3.63) is 34.9 Å². The van der Waals surface area contributed by atoms with E-state index in [4.69, 9.17) is 31.5 Å². The molecular weight excluding hydrogens is 258 g/mol. The highest BCUT2D eigenvalue weighted by atomic mass is 35.5. The molecule has 0 aliphatic heterocycles. The van der Waals surface area contributed by atoms with Crippen molar-refractivity contribution in [2.75, 3.05) is 13.9 Å². The summed E-state index contributed by atoms with van der Waals surface area (Å²) in [6.07, 6.45) is -1.97. The molecule has 5 nitrogen and oxygen atoms in total. The first-order chi connectivity index (χ1) is 8.56. The van der Waals surface area contributed by atoms with Crippen molar-refractivity contribution in [3.63, 3.8) is 0 Å². The maximum Gasteiger partial charge on any atom is 0.404 e. The van der Waals surface area contributed by atoms with Gasteiger partial charge in [-0.2, -0.15) is 0 Å². The highest BCUT2D eigenvalue weighted by Gasteiger charge is 2.24. The van der Waals surface area contributed by atoms with E-state index in [0.29, 0.717) is 10.6 Å². The number of amides is 1. The minimum Gasteiger partial charge on any atom is -0.444 e. The minimum atomic E-state index is -0.861. The molecule has 2 N–H and O–H groups in total. The number of primary amides is 1. The lowest BCUT2D eigenvalue weighted by Crippen LogP contribution is -2.28. The number of hydrogen-bond donors (Lipinski definition) is 1. The maximum atomic E-state index is 10.8. The third-order valence-electron chi connectivity index (χ3n) is 2.31. The van der Waals surface area contributed by atoms with Gasteiger partial charge in [0.15, 0.2) is 0 Å². The lowest BCUT2D eigenvalue weighted by molar-refractivity contribution is -0.111. The summed E-state index contributed by atoms with van der Waals surface area (Å²) in [4.78, 5) is 10.8. The van der Waals surface area contributed by atoms with E-state index in [1.807, 2.05) is 6.07 Å². The zero-order valence-corrected chi connectivity index (χ0v) is 11.0. The second-order valence-corrected chi connectivity index (χ2v) is 4.06. The molecule has 0 fully saturated rings. The fraction of sp³-hybridized carbons (Fsp3) is 0.417. The van der Waals surface area contributed by atoms with E-state index in [1.165, 1.54) is 7.11 Å². The van der Waals surface area contributed by atoms with Crippen LogP contribution >= 0.6 is 11.6 Å². The Bertz CT molecular complexity index is 399. The van der Waals surface area contributed by atoms with Gasteiger partial charge in [-0.15, -0.1) is 0 Å². The molecule has 0 spiro atoms. The number of benzene rings is 1. The minimum absolute atomic E-state index is 0.0579. The molecular formula is C12H16ClNO4. The lowest BCUT2D eigenvalue weighted by atomic mass is 10.1. The number of carbonyl (C=O) groups is 1. The Hall–Kier alpha value is -1.30. The molecule has 1 aromatic rings. The van der Waals surface area contributed by atoms with Gasteiger partial charge in [0.1, 0.15) is 19.0 Å². The summed E-state index contributed by atoms with van der Waals surface area (Å²) >= 11 is 6.09. The molecule has 0 radical (unpaired) electrons. The van der Waals surface area contributed by atoms with Crippen molar-refractivity contribution in [1.29, 1.82) is 0 Å². The summed E-state index contributed by atoms with van der Waals surface area (Å²) in [5, 5.41) is 0.526. The first kappa shape index (κ1) is 14.8. The Kier molecular flexibility index (Phi) is 5.91. The zero-order chi connectivity index (χ0) is 13.5. The van der Waals surface area contributed by atoms with Gasteiger partial charge >= 0.3 is 6.09 Å². The smallest absolute Gasteiger partial charge is 0.404 e. The van der Waals surface area contributed by atoms with Crippen molar-refractivity contribution in [2.45, 2.75) is 19.1 Å².